The van der Waals surface area contributed by atoms with E-state index in [1.807, 2.05) is 20.8 Å². The van der Waals surface area contributed by atoms with Crippen molar-refractivity contribution in [2.45, 2.75) is 33.2 Å². The zero-order valence-electron chi connectivity index (χ0n) is 11.2. The van der Waals surface area contributed by atoms with Gasteiger partial charge in [-0.25, -0.2) is 0 Å². The summed E-state index contributed by atoms with van der Waals surface area (Å²) in [7, 11) is 0. The van der Waals surface area contributed by atoms with Gasteiger partial charge < -0.3 is 4.90 Å². The van der Waals surface area contributed by atoms with Crippen LogP contribution in [0.15, 0.2) is 18.2 Å². The van der Waals surface area contributed by atoms with Gasteiger partial charge in [0.05, 0.1) is 15.5 Å². The summed E-state index contributed by atoms with van der Waals surface area (Å²) in [5, 5.41) is 10.7. The third-order valence-corrected chi connectivity index (χ3v) is 3.43. The molecule has 0 bridgehead atoms. The van der Waals surface area contributed by atoms with Gasteiger partial charge in [0.25, 0.3) is 11.6 Å². The van der Waals surface area contributed by atoms with Crippen molar-refractivity contribution >= 4 is 23.2 Å². The highest BCUT2D eigenvalue weighted by atomic mass is 35.5. The van der Waals surface area contributed by atoms with E-state index in [0.29, 0.717) is 12.1 Å². The lowest BCUT2D eigenvalue weighted by atomic mass is 10.1. The van der Waals surface area contributed by atoms with Crippen LogP contribution in [-0.4, -0.2) is 28.3 Å². The number of carbonyl (C=O) groups excluding carboxylic acids is 1. The van der Waals surface area contributed by atoms with Crippen molar-refractivity contribution in [2.75, 3.05) is 6.54 Å². The van der Waals surface area contributed by atoms with Gasteiger partial charge in [0.1, 0.15) is 0 Å². The minimum absolute atomic E-state index is 0.101. The molecule has 0 radical (unpaired) electrons. The van der Waals surface area contributed by atoms with E-state index in [0.717, 1.165) is 6.42 Å². The molecule has 0 saturated heterocycles. The van der Waals surface area contributed by atoms with Crippen LogP contribution < -0.4 is 0 Å². The van der Waals surface area contributed by atoms with Gasteiger partial charge in [0.2, 0.25) is 0 Å². The molecule has 0 aliphatic carbocycles. The molecule has 1 rings (SSSR count). The van der Waals surface area contributed by atoms with Crippen LogP contribution in [0.5, 0.6) is 0 Å². The molecule has 104 valence electrons. The SMILES string of the molecule is CCC(C)N(CC)C(=O)c1ccc([N+](=O)[O-])cc1Cl. The molecule has 1 unspecified atom stereocenters. The quantitative estimate of drug-likeness (QED) is 0.614. The van der Waals surface area contributed by atoms with Gasteiger partial charge >= 0.3 is 0 Å². The summed E-state index contributed by atoms with van der Waals surface area (Å²) < 4.78 is 0. The van der Waals surface area contributed by atoms with E-state index in [1.165, 1.54) is 18.2 Å². The van der Waals surface area contributed by atoms with Crippen molar-refractivity contribution in [3.8, 4) is 0 Å². The predicted octanol–water partition coefficient (Wildman–Crippen LogP) is 3.51. The fourth-order valence-corrected chi connectivity index (χ4v) is 2.08. The van der Waals surface area contributed by atoms with Crippen molar-refractivity contribution in [3.05, 3.63) is 38.9 Å². The molecule has 0 heterocycles. The van der Waals surface area contributed by atoms with Crippen LogP contribution in [0.2, 0.25) is 5.02 Å². The van der Waals surface area contributed by atoms with Crippen LogP contribution in [0.4, 0.5) is 5.69 Å². The fraction of sp³-hybridized carbons (Fsp3) is 0.462. The van der Waals surface area contributed by atoms with Crippen LogP contribution in [0.1, 0.15) is 37.6 Å². The second-order valence-electron chi connectivity index (χ2n) is 4.27. The molecule has 1 aromatic rings. The standard InChI is InChI=1S/C13H17ClN2O3/c1-4-9(3)15(5-2)13(17)11-7-6-10(16(18)19)8-12(11)14/h6-9H,4-5H2,1-3H3. The largest absolute Gasteiger partial charge is 0.336 e. The molecule has 1 atom stereocenters. The van der Waals surface area contributed by atoms with E-state index >= 15 is 0 Å². The molecular formula is C13H17ClN2O3. The summed E-state index contributed by atoms with van der Waals surface area (Å²) in [6, 6.07) is 4.01. The smallest absolute Gasteiger partial charge is 0.270 e. The topological polar surface area (TPSA) is 63.5 Å². The molecule has 19 heavy (non-hydrogen) atoms. The molecule has 1 aromatic carbocycles. The van der Waals surface area contributed by atoms with Gasteiger partial charge in [0, 0.05) is 24.7 Å². The minimum Gasteiger partial charge on any atom is -0.336 e. The summed E-state index contributed by atoms with van der Waals surface area (Å²) in [6.07, 6.45) is 0.837. The fourth-order valence-electron chi connectivity index (χ4n) is 1.82. The van der Waals surface area contributed by atoms with E-state index in [4.69, 9.17) is 11.6 Å². The summed E-state index contributed by atoms with van der Waals surface area (Å²) >= 11 is 5.97. The maximum Gasteiger partial charge on any atom is 0.270 e. The number of amides is 1. The first kappa shape index (κ1) is 15.4. The summed E-state index contributed by atoms with van der Waals surface area (Å²) in [5.41, 5.74) is 0.183. The highest BCUT2D eigenvalue weighted by Crippen LogP contribution is 2.24. The number of halogens is 1. The Kier molecular flexibility index (Phi) is 5.30. The van der Waals surface area contributed by atoms with Gasteiger partial charge in [-0.1, -0.05) is 18.5 Å². The van der Waals surface area contributed by atoms with E-state index in [1.54, 1.807) is 4.90 Å². The molecule has 0 fully saturated rings. The summed E-state index contributed by atoms with van der Waals surface area (Å²) in [5.74, 6) is -0.197. The van der Waals surface area contributed by atoms with Gasteiger partial charge in [-0.15, -0.1) is 0 Å². The average Bonchev–Trinajstić information content (AvgIpc) is 2.38. The Bertz CT molecular complexity index is 491. The maximum atomic E-state index is 12.3. The van der Waals surface area contributed by atoms with Crippen molar-refractivity contribution in [1.29, 1.82) is 0 Å². The van der Waals surface area contributed by atoms with Gasteiger partial charge in [-0.2, -0.15) is 0 Å². The first-order chi connectivity index (χ1) is 8.92. The molecule has 0 spiro atoms. The van der Waals surface area contributed by atoms with Crippen molar-refractivity contribution < 1.29 is 9.72 Å². The third-order valence-electron chi connectivity index (χ3n) is 3.12. The number of hydrogen-bond acceptors (Lipinski definition) is 3. The molecule has 0 aliphatic heterocycles. The van der Waals surface area contributed by atoms with Crippen LogP contribution in [0.25, 0.3) is 0 Å². The molecule has 6 heteroatoms. The molecule has 0 aromatic heterocycles. The van der Waals surface area contributed by atoms with E-state index in [2.05, 4.69) is 0 Å². The Labute approximate surface area is 117 Å². The van der Waals surface area contributed by atoms with Crippen LogP contribution in [0, 0.1) is 10.1 Å². The minimum atomic E-state index is -0.535. The van der Waals surface area contributed by atoms with Crippen molar-refractivity contribution in [2.24, 2.45) is 0 Å². The Balaban J connectivity index is 3.09. The normalized spacial score (nSPS) is 12.0. The van der Waals surface area contributed by atoms with Crippen LogP contribution in [0.3, 0.4) is 0 Å². The van der Waals surface area contributed by atoms with Gasteiger partial charge in [-0.05, 0) is 26.3 Å². The first-order valence-corrected chi connectivity index (χ1v) is 6.55. The number of nitrogens with zero attached hydrogens (tertiary/aromatic N) is 2. The lowest BCUT2D eigenvalue weighted by Gasteiger charge is -2.27. The number of rotatable bonds is 5. The highest BCUT2D eigenvalue weighted by Gasteiger charge is 2.22. The third kappa shape index (κ3) is 3.44. The lowest BCUT2D eigenvalue weighted by molar-refractivity contribution is -0.384. The van der Waals surface area contributed by atoms with Crippen LogP contribution in [-0.2, 0) is 0 Å². The predicted molar refractivity (Wildman–Crippen MR) is 74.6 cm³/mol. The highest BCUT2D eigenvalue weighted by molar-refractivity contribution is 6.34. The molecule has 0 aliphatic rings. The van der Waals surface area contributed by atoms with E-state index < -0.39 is 4.92 Å². The zero-order valence-corrected chi connectivity index (χ0v) is 12.0. The number of non-ortho nitro benzene ring substituents is 1. The summed E-state index contributed by atoms with van der Waals surface area (Å²) in [6.45, 7) is 6.42. The second kappa shape index (κ2) is 6.52. The summed E-state index contributed by atoms with van der Waals surface area (Å²) in [4.78, 5) is 24.1. The van der Waals surface area contributed by atoms with Crippen LogP contribution >= 0.6 is 11.6 Å². The molecular weight excluding hydrogens is 268 g/mol. The Hall–Kier alpha value is -1.62. The Morgan fingerprint density at radius 3 is 2.53 bits per heavy atom. The van der Waals surface area contributed by atoms with Crippen molar-refractivity contribution in [1.82, 2.24) is 4.90 Å². The van der Waals surface area contributed by atoms with Gasteiger partial charge in [-0.3, -0.25) is 14.9 Å². The number of nitro groups is 1. The van der Waals surface area contributed by atoms with Crippen molar-refractivity contribution in [3.63, 3.8) is 0 Å². The van der Waals surface area contributed by atoms with Gasteiger partial charge in [0.15, 0.2) is 0 Å². The number of benzene rings is 1. The van der Waals surface area contributed by atoms with E-state index in [9.17, 15) is 14.9 Å². The average molecular weight is 285 g/mol. The number of hydrogen-bond donors (Lipinski definition) is 0. The zero-order chi connectivity index (χ0) is 14.6. The number of carbonyl (C=O) groups is 1. The number of nitro benzene ring substituents is 1. The Morgan fingerprint density at radius 1 is 1.47 bits per heavy atom. The molecule has 5 nitrogen and oxygen atoms in total. The second-order valence-corrected chi connectivity index (χ2v) is 4.68. The Morgan fingerprint density at radius 2 is 2.11 bits per heavy atom. The lowest BCUT2D eigenvalue weighted by Crippen LogP contribution is -2.38. The molecule has 0 saturated carbocycles. The maximum absolute atomic E-state index is 12.3. The monoisotopic (exact) mass is 284 g/mol. The first-order valence-electron chi connectivity index (χ1n) is 6.17. The molecule has 0 N–H and O–H groups in total. The molecule has 1 amide bonds. The van der Waals surface area contributed by atoms with E-state index in [-0.39, 0.29) is 22.7 Å².